The molecule has 0 aliphatic heterocycles. The predicted molar refractivity (Wildman–Crippen MR) is 88.9 cm³/mol. The number of nitrogens with two attached hydrogens (primary N) is 1. The van der Waals surface area contributed by atoms with E-state index in [0.29, 0.717) is 23.9 Å². The SMILES string of the molecule is COc1cccc(COc2ccc(C(O)C(C)N)cc2)c1OC. The Morgan fingerprint density at radius 3 is 2.30 bits per heavy atom. The Kier molecular flexibility index (Phi) is 5.84. The van der Waals surface area contributed by atoms with Crippen molar-refractivity contribution in [2.45, 2.75) is 25.7 Å². The summed E-state index contributed by atoms with van der Waals surface area (Å²) in [6, 6.07) is 12.6. The first-order valence-corrected chi connectivity index (χ1v) is 7.43. The molecule has 0 amide bonds. The average molecular weight is 317 g/mol. The van der Waals surface area contributed by atoms with Gasteiger partial charge in [0.1, 0.15) is 12.4 Å². The lowest BCUT2D eigenvalue weighted by molar-refractivity contribution is 0.153. The van der Waals surface area contributed by atoms with Gasteiger partial charge in [-0.05, 0) is 30.7 Å². The molecule has 2 atom stereocenters. The second-order valence-electron chi connectivity index (χ2n) is 5.31. The number of methoxy groups -OCH3 is 2. The van der Waals surface area contributed by atoms with Crippen LogP contribution in [0.5, 0.6) is 17.2 Å². The van der Waals surface area contributed by atoms with Crippen LogP contribution in [0.3, 0.4) is 0 Å². The predicted octanol–water partition coefficient (Wildman–Crippen LogP) is 2.66. The molecule has 0 aliphatic carbocycles. The standard InChI is InChI=1S/C18H23NO4/c1-12(19)17(20)13-7-9-15(10-8-13)23-11-14-5-4-6-16(21-2)18(14)22-3/h4-10,12,17,20H,11,19H2,1-3H3. The lowest BCUT2D eigenvalue weighted by Gasteiger charge is -2.16. The second kappa shape index (κ2) is 7.85. The normalized spacial score (nSPS) is 13.3. The summed E-state index contributed by atoms with van der Waals surface area (Å²) in [4.78, 5) is 0. The second-order valence-corrected chi connectivity index (χ2v) is 5.31. The van der Waals surface area contributed by atoms with Crippen molar-refractivity contribution in [1.82, 2.24) is 0 Å². The molecule has 5 heteroatoms. The minimum absolute atomic E-state index is 0.317. The topological polar surface area (TPSA) is 73.9 Å². The number of para-hydroxylation sites is 1. The summed E-state index contributed by atoms with van der Waals surface area (Å²) < 4.78 is 16.4. The Labute approximate surface area is 136 Å². The molecule has 0 bridgehead atoms. The summed E-state index contributed by atoms with van der Waals surface area (Å²) in [5.41, 5.74) is 7.36. The number of ether oxygens (including phenoxy) is 3. The van der Waals surface area contributed by atoms with E-state index in [1.54, 1.807) is 21.1 Å². The maximum atomic E-state index is 9.93. The van der Waals surface area contributed by atoms with Crippen molar-refractivity contribution in [3.63, 3.8) is 0 Å². The molecule has 2 aromatic rings. The van der Waals surface area contributed by atoms with Crippen molar-refractivity contribution in [3.05, 3.63) is 53.6 Å². The van der Waals surface area contributed by atoms with E-state index < -0.39 is 6.10 Å². The monoisotopic (exact) mass is 317 g/mol. The van der Waals surface area contributed by atoms with E-state index >= 15 is 0 Å². The van der Waals surface area contributed by atoms with Crippen molar-refractivity contribution in [2.24, 2.45) is 5.73 Å². The van der Waals surface area contributed by atoms with Crippen LogP contribution in [-0.4, -0.2) is 25.4 Å². The van der Waals surface area contributed by atoms with Crippen molar-refractivity contribution >= 4 is 0 Å². The Morgan fingerprint density at radius 2 is 1.74 bits per heavy atom. The van der Waals surface area contributed by atoms with Gasteiger partial charge in [-0.2, -0.15) is 0 Å². The zero-order valence-corrected chi connectivity index (χ0v) is 13.7. The van der Waals surface area contributed by atoms with Gasteiger partial charge in [-0.1, -0.05) is 24.3 Å². The third-order valence-corrected chi connectivity index (χ3v) is 3.60. The number of hydrogen-bond donors (Lipinski definition) is 2. The van der Waals surface area contributed by atoms with Crippen LogP contribution in [0.1, 0.15) is 24.2 Å². The zero-order valence-electron chi connectivity index (χ0n) is 13.7. The summed E-state index contributed by atoms with van der Waals surface area (Å²) in [6.07, 6.45) is -0.678. The number of aliphatic hydroxyl groups excluding tert-OH is 1. The molecule has 0 spiro atoms. The van der Waals surface area contributed by atoms with Crippen LogP contribution < -0.4 is 19.9 Å². The molecule has 3 N–H and O–H groups in total. The van der Waals surface area contributed by atoms with Gasteiger partial charge in [0.2, 0.25) is 0 Å². The molecule has 0 aliphatic rings. The highest BCUT2D eigenvalue weighted by Crippen LogP contribution is 2.31. The summed E-state index contributed by atoms with van der Waals surface area (Å²) >= 11 is 0. The molecule has 124 valence electrons. The number of benzene rings is 2. The van der Waals surface area contributed by atoms with Crippen molar-refractivity contribution in [1.29, 1.82) is 0 Å². The summed E-state index contributed by atoms with van der Waals surface area (Å²) in [6.45, 7) is 2.12. The molecule has 2 aromatic carbocycles. The highest BCUT2D eigenvalue weighted by molar-refractivity contribution is 5.46. The van der Waals surface area contributed by atoms with Gasteiger partial charge in [0.25, 0.3) is 0 Å². The van der Waals surface area contributed by atoms with Crippen LogP contribution in [-0.2, 0) is 6.61 Å². The molecule has 0 saturated carbocycles. The van der Waals surface area contributed by atoms with E-state index in [9.17, 15) is 5.11 Å². The third kappa shape index (κ3) is 4.15. The lowest BCUT2D eigenvalue weighted by Crippen LogP contribution is -2.24. The van der Waals surface area contributed by atoms with Crippen molar-refractivity contribution < 1.29 is 19.3 Å². The highest BCUT2D eigenvalue weighted by Gasteiger charge is 2.13. The first-order valence-electron chi connectivity index (χ1n) is 7.43. The number of aliphatic hydroxyl groups is 1. The average Bonchev–Trinajstić information content (AvgIpc) is 2.59. The van der Waals surface area contributed by atoms with E-state index in [2.05, 4.69) is 0 Å². The summed E-state index contributed by atoms with van der Waals surface area (Å²) in [7, 11) is 3.20. The summed E-state index contributed by atoms with van der Waals surface area (Å²) in [5.74, 6) is 2.04. The molecular weight excluding hydrogens is 294 g/mol. The number of rotatable bonds is 7. The van der Waals surface area contributed by atoms with E-state index in [0.717, 1.165) is 11.1 Å². The smallest absolute Gasteiger partial charge is 0.167 e. The largest absolute Gasteiger partial charge is 0.493 e. The molecule has 5 nitrogen and oxygen atoms in total. The quantitative estimate of drug-likeness (QED) is 0.821. The van der Waals surface area contributed by atoms with E-state index in [1.165, 1.54) is 0 Å². The van der Waals surface area contributed by atoms with Crippen molar-refractivity contribution in [2.75, 3.05) is 14.2 Å². The molecule has 0 aromatic heterocycles. The van der Waals surface area contributed by atoms with Gasteiger partial charge >= 0.3 is 0 Å². The van der Waals surface area contributed by atoms with Crippen LogP contribution in [0.15, 0.2) is 42.5 Å². The first kappa shape index (κ1) is 17.1. The fourth-order valence-electron chi connectivity index (χ4n) is 2.29. The van der Waals surface area contributed by atoms with Crippen LogP contribution in [0.2, 0.25) is 0 Å². The molecular formula is C18H23NO4. The third-order valence-electron chi connectivity index (χ3n) is 3.60. The highest BCUT2D eigenvalue weighted by atomic mass is 16.5. The van der Waals surface area contributed by atoms with E-state index in [4.69, 9.17) is 19.9 Å². The summed E-state index contributed by atoms with van der Waals surface area (Å²) in [5, 5.41) is 9.93. The van der Waals surface area contributed by atoms with Gasteiger partial charge in [0.15, 0.2) is 11.5 Å². The fraction of sp³-hybridized carbons (Fsp3) is 0.333. The van der Waals surface area contributed by atoms with Crippen LogP contribution in [0.4, 0.5) is 0 Å². The molecule has 23 heavy (non-hydrogen) atoms. The van der Waals surface area contributed by atoms with Gasteiger partial charge in [0.05, 0.1) is 20.3 Å². The van der Waals surface area contributed by atoms with Gasteiger partial charge in [-0.25, -0.2) is 0 Å². The minimum atomic E-state index is -0.678. The Bertz CT molecular complexity index is 625. The fourth-order valence-corrected chi connectivity index (χ4v) is 2.29. The first-order chi connectivity index (χ1) is 11.1. The van der Waals surface area contributed by atoms with Gasteiger partial charge in [-0.15, -0.1) is 0 Å². The van der Waals surface area contributed by atoms with Gasteiger partial charge in [-0.3, -0.25) is 0 Å². The van der Waals surface area contributed by atoms with Gasteiger partial charge in [0, 0.05) is 11.6 Å². The maximum Gasteiger partial charge on any atom is 0.167 e. The van der Waals surface area contributed by atoms with Crippen molar-refractivity contribution in [3.8, 4) is 17.2 Å². The molecule has 0 saturated heterocycles. The Morgan fingerprint density at radius 1 is 1.04 bits per heavy atom. The molecule has 0 radical (unpaired) electrons. The molecule has 2 rings (SSSR count). The number of hydrogen-bond acceptors (Lipinski definition) is 5. The lowest BCUT2D eigenvalue weighted by atomic mass is 10.0. The minimum Gasteiger partial charge on any atom is -0.493 e. The zero-order chi connectivity index (χ0) is 16.8. The maximum absolute atomic E-state index is 9.93. The van der Waals surface area contributed by atoms with Crippen LogP contribution >= 0.6 is 0 Å². The van der Waals surface area contributed by atoms with E-state index in [-0.39, 0.29) is 6.04 Å². The van der Waals surface area contributed by atoms with E-state index in [1.807, 2.05) is 42.5 Å². The Balaban J connectivity index is 2.07. The molecule has 2 unspecified atom stereocenters. The van der Waals surface area contributed by atoms with Crippen LogP contribution in [0, 0.1) is 0 Å². The molecule has 0 fully saturated rings. The van der Waals surface area contributed by atoms with Crippen LogP contribution in [0.25, 0.3) is 0 Å². The van der Waals surface area contributed by atoms with Gasteiger partial charge < -0.3 is 25.1 Å². The molecule has 0 heterocycles. The Hall–Kier alpha value is -2.24.